The van der Waals surface area contributed by atoms with E-state index in [-0.39, 0.29) is 5.91 Å². The second-order valence-electron chi connectivity index (χ2n) is 3.89. The van der Waals surface area contributed by atoms with Crippen molar-refractivity contribution in [2.45, 2.75) is 26.4 Å². The van der Waals surface area contributed by atoms with Crippen LogP contribution in [0.4, 0.5) is 0 Å². The number of amides is 1. The maximum atomic E-state index is 11.4. The molecule has 80 valence electrons. The maximum Gasteiger partial charge on any atom is 0.246 e. The SMILES string of the molecule is CC=CC=CC(=O)N(C)CC(C)(C)O. The average molecular weight is 197 g/mol. The summed E-state index contributed by atoms with van der Waals surface area (Å²) >= 11 is 0. The van der Waals surface area contributed by atoms with Crippen LogP contribution in [0.3, 0.4) is 0 Å². The molecule has 0 aromatic rings. The monoisotopic (exact) mass is 197 g/mol. The van der Waals surface area contributed by atoms with Gasteiger partial charge in [-0.25, -0.2) is 0 Å². The van der Waals surface area contributed by atoms with Crippen molar-refractivity contribution in [3.05, 3.63) is 24.3 Å². The van der Waals surface area contributed by atoms with Gasteiger partial charge in [-0.05, 0) is 20.8 Å². The molecule has 0 spiro atoms. The van der Waals surface area contributed by atoms with Gasteiger partial charge in [-0.3, -0.25) is 4.79 Å². The van der Waals surface area contributed by atoms with Crippen LogP contribution in [0.2, 0.25) is 0 Å². The normalized spacial score (nSPS) is 12.6. The zero-order valence-corrected chi connectivity index (χ0v) is 9.32. The van der Waals surface area contributed by atoms with E-state index < -0.39 is 5.60 Å². The minimum Gasteiger partial charge on any atom is -0.389 e. The van der Waals surface area contributed by atoms with E-state index in [0.717, 1.165) is 0 Å². The quantitative estimate of drug-likeness (QED) is 0.546. The van der Waals surface area contributed by atoms with E-state index in [1.807, 2.05) is 13.0 Å². The predicted molar refractivity (Wildman–Crippen MR) is 57.9 cm³/mol. The number of hydrogen-bond acceptors (Lipinski definition) is 2. The number of rotatable bonds is 4. The van der Waals surface area contributed by atoms with Gasteiger partial charge in [0.25, 0.3) is 0 Å². The number of allylic oxidation sites excluding steroid dienone is 3. The summed E-state index contributed by atoms with van der Waals surface area (Å²) in [5.41, 5.74) is -0.848. The number of carbonyl (C=O) groups excluding carboxylic acids is 1. The second-order valence-corrected chi connectivity index (χ2v) is 3.89. The Hall–Kier alpha value is -1.09. The van der Waals surface area contributed by atoms with Crippen LogP contribution in [0.15, 0.2) is 24.3 Å². The number of hydrogen-bond donors (Lipinski definition) is 1. The summed E-state index contributed by atoms with van der Waals surface area (Å²) in [6, 6.07) is 0. The Morgan fingerprint density at radius 3 is 2.43 bits per heavy atom. The van der Waals surface area contributed by atoms with E-state index in [2.05, 4.69) is 0 Å². The highest BCUT2D eigenvalue weighted by atomic mass is 16.3. The highest BCUT2D eigenvalue weighted by Crippen LogP contribution is 2.03. The molecule has 0 aromatic carbocycles. The molecule has 1 N–H and O–H groups in total. The maximum absolute atomic E-state index is 11.4. The van der Waals surface area contributed by atoms with Gasteiger partial charge in [-0.2, -0.15) is 0 Å². The first-order valence-electron chi connectivity index (χ1n) is 4.63. The molecule has 0 aliphatic heterocycles. The third kappa shape index (κ3) is 6.43. The van der Waals surface area contributed by atoms with Gasteiger partial charge >= 0.3 is 0 Å². The molecule has 14 heavy (non-hydrogen) atoms. The smallest absolute Gasteiger partial charge is 0.246 e. The van der Waals surface area contributed by atoms with Gasteiger partial charge in [0.1, 0.15) is 0 Å². The number of nitrogens with zero attached hydrogens (tertiary/aromatic N) is 1. The molecular weight excluding hydrogens is 178 g/mol. The van der Waals surface area contributed by atoms with Crippen LogP contribution in [0.1, 0.15) is 20.8 Å². The fourth-order valence-corrected chi connectivity index (χ4v) is 1.03. The lowest BCUT2D eigenvalue weighted by molar-refractivity contribution is -0.127. The van der Waals surface area contributed by atoms with Crippen molar-refractivity contribution in [3.8, 4) is 0 Å². The Balaban J connectivity index is 4.13. The van der Waals surface area contributed by atoms with E-state index >= 15 is 0 Å². The topological polar surface area (TPSA) is 40.5 Å². The Kier molecular flexibility index (Phi) is 5.16. The van der Waals surface area contributed by atoms with Crippen molar-refractivity contribution in [2.75, 3.05) is 13.6 Å². The van der Waals surface area contributed by atoms with Crippen LogP contribution in [-0.4, -0.2) is 35.1 Å². The van der Waals surface area contributed by atoms with E-state index in [4.69, 9.17) is 0 Å². The fourth-order valence-electron chi connectivity index (χ4n) is 1.03. The van der Waals surface area contributed by atoms with Crippen LogP contribution >= 0.6 is 0 Å². The third-order valence-corrected chi connectivity index (χ3v) is 1.54. The summed E-state index contributed by atoms with van der Waals surface area (Å²) in [5, 5.41) is 9.48. The molecule has 1 amide bonds. The van der Waals surface area contributed by atoms with E-state index in [1.165, 1.54) is 11.0 Å². The average Bonchev–Trinajstić information content (AvgIpc) is 2.01. The lowest BCUT2D eigenvalue weighted by Gasteiger charge is -2.24. The van der Waals surface area contributed by atoms with Crippen molar-refractivity contribution in [3.63, 3.8) is 0 Å². The van der Waals surface area contributed by atoms with Gasteiger partial charge in [0, 0.05) is 19.7 Å². The minimum absolute atomic E-state index is 0.106. The van der Waals surface area contributed by atoms with Gasteiger partial charge in [-0.1, -0.05) is 18.2 Å². The molecule has 0 unspecified atom stereocenters. The second kappa shape index (κ2) is 5.60. The van der Waals surface area contributed by atoms with Gasteiger partial charge in [0.05, 0.1) is 5.60 Å². The number of carbonyl (C=O) groups is 1. The molecule has 0 radical (unpaired) electrons. The van der Waals surface area contributed by atoms with Crippen LogP contribution in [0.25, 0.3) is 0 Å². The Bertz CT molecular complexity index is 236. The lowest BCUT2D eigenvalue weighted by Crippen LogP contribution is -2.38. The van der Waals surface area contributed by atoms with E-state index in [0.29, 0.717) is 6.54 Å². The summed E-state index contributed by atoms with van der Waals surface area (Å²) in [4.78, 5) is 12.9. The van der Waals surface area contributed by atoms with Gasteiger partial charge in [0.2, 0.25) is 5.91 Å². The highest BCUT2D eigenvalue weighted by molar-refractivity contribution is 5.87. The highest BCUT2D eigenvalue weighted by Gasteiger charge is 2.17. The number of aliphatic hydroxyl groups is 1. The summed E-state index contributed by atoms with van der Waals surface area (Å²) in [5.74, 6) is -0.106. The van der Waals surface area contributed by atoms with Gasteiger partial charge < -0.3 is 10.0 Å². The zero-order valence-electron chi connectivity index (χ0n) is 9.32. The molecule has 0 fully saturated rings. The molecule has 0 aromatic heterocycles. The summed E-state index contributed by atoms with van der Waals surface area (Å²) in [7, 11) is 1.67. The molecule has 0 aliphatic rings. The molecule has 0 saturated heterocycles. The lowest BCUT2D eigenvalue weighted by atomic mass is 10.1. The first-order valence-corrected chi connectivity index (χ1v) is 4.63. The predicted octanol–water partition coefficient (Wildman–Crippen LogP) is 1.35. The first kappa shape index (κ1) is 12.9. The van der Waals surface area contributed by atoms with Crippen molar-refractivity contribution in [2.24, 2.45) is 0 Å². The first-order chi connectivity index (χ1) is 6.37. The van der Waals surface area contributed by atoms with Crippen molar-refractivity contribution in [1.29, 1.82) is 0 Å². The molecule has 0 aliphatic carbocycles. The standard InChI is InChI=1S/C11H19NO2/c1-5-6-7-8-10(13)12(4)9-11(2,3)14/h5-8,14H,9H2,1-4H3. The molecule has 0 rings (SSSR count). The van der Waals surface area contributed by atoms with Crippen LogP contribution in [-0.2, 0) is 4.79 Å². The largest absolute Gasteiger partial charge is 0.389 e. The van der Waals surface area contributed by atoms with Crippen molar-refractivity contribution >= 4 is 5.91 Å². The fraction of sp³-hybridized carbons (Fsp3) is 0.545. The van der Waals surface area contributed by atoms with E-state index in [9.17, 15) is 9.90 Å². The van der Waals surface area contributed by atoms with Crippen LogP contribution in [0.5, 0.6) is 0 Å². The van der Waals surface area contributed by atoms with Crippen molar-refractivity contribution < 1.29 is 9.90 Å². The molecule has 3 nitrogen and oxygen atoms in total. The summed E-state index contributed by atoms with van der Waals surface area (Å²) in [6.45, 7) is 5.56. The van der Waals surface area contributed by atoms with Crippen molar-refractivity contribution in [1.82, 2.24) is 4.90 Å². The Morgan fingerprint density at radius 2 is 2.00 bits per heavy atom. The van der Waals surface area contributed by atoms with Gasteiger partial charge in [-0.15, -0.1) is 0 Å². The molecular formula is C11H19NO2. The molecule has 0 saturated carbocycles. The Labute approximate surface area is 85.7 Å². The van der Waals surface area contributed by atoms with Crippen LogP contribution < -0.4 is 0 Å². The molecule has 0 atom stereocenters. The Morgan fingerprint density at radius 1 is 1.43 bits per heavy atom. The molecule has 0 bridgehead atoms. The van der Waals surface area contributed by atoms with Crippen LogP contribution in [0, 0.1) is 0 Å². The minimum atomic E-state index is -0.848. The summed E-state index contributed by atoms with van der Waals surface area (Å²) in [6.07, 6.45) is 6.80. The zero-order chi connectivity index (χ0) is 11.2. The molecule has 0 heterocycles. The third-order valence-electron chi connectivity index (χ3n) is 1.54. The van der Waals surface area contributed by atoms with Gasteiger partial charge in [0.15, 0.2) is 0 Å². The number of likely N-dealkylation sites (N-methyl/N-ethyl adjacent to an activating group) is 1. The van der Waals surface area contributed by atoms with E-state index in [1.54, 1.807) is 33.0 Å². The summed E-state index contributed by atoms with van der Waals surface area (Å²) < 4.78 is 0. The molecule has 3 heteroatoms.